The van der Waals surface area contributed by atoms with Crippen LogP contribution in [0.25, 0.3) is 0 Å². The number of terminal acetylenes is 1. The van der Waals surface area contributed by atoms with Gasteiger partial charge in [-0.1, -0.05) is 12.8 Å². The van der Waals surface area contributed by atoms with E-state index < -0.39 is 0 Å². The third-order valence-electron chi connectivity index (χ3n) is 1.53. The zero-order valence-electron chi connectivity index (χ0n) is 7.29. The molecule has 0 saturated carbocycles. The Bertz CT molecular complexity index is 302. The summed E-state index contributed by atoms with van der Waals surface area (Å²) < 4.78 is 1.01. The molecule has 0 bridgehead atoms. The molecule has 4 heteroatoms. The molecule has 3 nitrogen and oxygen atoms in total. The summed E-state index contributed by atoms with van der Waals surface area (Å²) in [7, 11) is 0. The van der Waals surface area contributed by atoms with Gasteiger partial charge < -0.3 is 5.32 Å². The van der Waals surface area contributed by atoms with Gasteiger partial charge in [0.1, 0.15) is 0 Å². The number of nitrogens with zero attached hydrogens (tertiary/aromatic N) is 2. The molecule has 0 radical (unpaired) electrons. The molecule has 0 amide bonds. The first-order valence-electron chi connectivity index (χ1n) is 3.96. The number of nitrogens with one attached hydrogen (secondary N) is 1. The number of hydrogen-bond acceptors (Lipinski definition) is 3. The van der Waals surface area contributed by atoms with Gasteiger partial charge in [0.05, 0.1) is 6.04 Å². The molecular weight excluding hydrogens is 277 g/mol. The van der Waals surface area contributed by atoms with Crippen LogP contribution in [0.15, 0.2) is 12.4 Å². The molecule has 0 saturated heterocycles. The predicted octanol–water partition coefficient (Wildman–Crippen LogP) is 1.90. The highest BCUT2D eigenvalue weighted by Crippen LogP contribution is 2.04. The Morgan fingerprint density at radius 1 is 1.62 bits per heavy atom. The second-order valence-corrected chi connectivity index (χ2v) is 3.74. The van der Waals surface area contributed by atoms with Crippen molar-refractivity contribution >= 4 is 28.5 Å². The molecule has 13 heavy (non-hydrogen) atoms. The summed E-state index contributed by atoms with van der Waals surface area (Å²) in [6.45, 7) is 2.02. The molecule has 1 unspecified atom stereocenters. The summed E-state index contributed by atoms with van der Waals surface area (Å²) >= 11 is 2.16. The van der Waals surface area contributed by atoms with Crippen molar-refractivity contribution in [1.82, 2.24) is 9.97 Å². The van der Waals surface area contributed by atoms with Crippen LogP contribution in [0.1, 0.15) is 13.3 Å². The number of aromatic nitrogens is 2. The first-order valence-corrected chi connectivity index (χ1v) is 5.04. The maximum Gasteiger partial charge on any atom is 0.223 e. The maximum atomic E-state index is 5.29. The topological polar surface area (TPSA) is 37.8 Å². The predicted molar refractivity (Wildman–Crippen MR) is 61.3 cm³/mol. The first-order chi connectivity index (χ1) is 6.26. The molecule has 1 aromatic rings. The lowest BCUT2D eigenvalue weighted by molar-refractivity contribution is 0.840. The fourth-order valence-electron chi connectivity index (χ4n) is 0.804. The molecule has 0 aliphatic rings. The van der Waals surface area contributed by atoms with Gasteiger partial charge in [0.25, 0.3) is 0 Å². The van der Waals surface area contributed by atoms with Crippen LogP contribution < -0.4 is 5.32 Å². The van der Waals surface area contributed by atoms with Crippen molar-refractivity contribution in [1.29, 1.82) is 0 Å². The Hall–Kier alpha value is -0.830. The molecule has 1 aromatic heterocycles. The Morgan fingerprint density at radius 2 is 2.23 bits per heavy atom. The van der Waals surface area contributed by atoms with Crippen LogP contribution >= 0.6 is 22.6 Å². The molecule has 1 rings (SSSR count). The molecule has 1 heterocycles. The minimum atomic E-state index is 0.0139. The van der Waals surface area contributed by atoms with Gasteiger partial charge in [-0.2, -0.15) is 0 Å². The highest BCUT2D eigenvalue weighted by atomic mass is 127. The van der Waals surface area contributed by atoms with Gasteiger partial charge in [0, 0.05) is 16.0 Å². The van der Waals surface area contributed by atoms with Gasteiger partial charge >= 0.3 is 0 Å². The summed E-state index contributed by atoms with van der Waals surface area (Å²) in [5.74, 6) is 3.21. The van der Waals surface area contributed by atoms with Gasteiger partial charge in [-0.3, -0.25) is 0 Å². The van der Waals surface area contributed by atoms with Crippen molar-refractivity contribution in [2.45, 2.75) is 19.4 Å². The summed E-state index contributed by atoms with van der Waals surface area (Å²) in [6.07, 6.45) is 9.66. The lowest BCUT2D eigenvalue weighted by Gasteiger charge is -2.09. The van der Waals surface area contributed by atoms with E-state index in [0.29, 0.717) is 5.95 Å². The van der Waals surface area contributed by atoms with E-state index in [0.717, 1.165) is 9.99 Å². The van der Waals surface area contributed by atoms with Crippen molar-refractivity contribution in [2.75, 3.05) is 5.32 Å². The van der Waals surface area contributed by atoms with E-state index in [1.54, 1.807) is 12.4 Å². The number of hydrogen-bond donors (Lipinski definition) is 1. The van der Waals surface area contributed by atoms with Crippen LogP contribution in [0.3, 0.4) is 0 Å². The van der Waals surface area contributed by atoms with Gasteiger partial charge in [-0.15, -0.1) is 6.42 Å². The monoisotopic (exact) mass is 287 g/mol. The van der Waals surface area contributed by atoms with Gasteiger partial charge in [0.15, 0.2) is 0 Å². The Morgan fingerprint density at radius 3 is 2.69 bits per heavy atom. The van der Waals surface area contributed by atoms with Gasteiger partial charge in [-0.05, 0) is 29.0 Å². The molecule has 0 spiro atoms. The van der Waals surface area contributed by atoms with Crippen LogP contribution in [0, 0.1) is 15.9 Å². The summed E-state index contributed by atoms with van der Waals surface area (Å²) in [5, 5.41) is 3.04. The first kappa shape index (κ1) is 10.3. The molecule has 1 N–H and O–H groups in total. The van der Waals surface area contributed by atoms with Crippen molar-refractivity contribution in [2.24, 2.45) is 0 Å². The van der Waals surface area contributed by atoms with E-state index in [4.69, 9.17) is 6.42 Å². The fraction of sp³-hybridized carbons (Fsp3) is 0.333. The summed E-state index contributed by atoms with van der Waals surface area (Å²) in [4.78, 5) is 8.18. The van der Waals surface area contributed by atoms with Crippen LogP contribution in [0.5, 0.6) is 0 Å². The third kappa shape index (κ3) is 3.19. The second-order valence-electron chi connectivity index (χ2n) is 2.50. The Labute approximate surface area is 91.5 Å². The minimum Gasteiger partial charge on any atom is -0.341 e. The molecule has 0 aliphatic heterocycles. The Kier molecular flexibility index (Phi) is 3.96. The second kappa shape index (κ2) is 5.02. The molecule has 1 atom stereocenters. The van der Waals surface area contributed by atoms with Crippen molar-refractivity contribution < 1.29 is 0 Å². The average molecular weight is 287 g/mol. The van der Waals surface area contributed by atoms with E-state index in [2.05, 4.69) is 43.8 Å². The maximum absolute atomic E-state index is 5.29. The quantitative estimate of drug-likeness (QED) is 0.681. The van der Waals surface area contributed by atoms with Crippen LogP contribution in [-0.2, 0) is 0 Å². The van der Waals surface area contributed by atoms with E-state index in [-0.39, 0.29) is 6.04 Å². The normalized spacial score (nSPS) is 11.8. The molecular formula is C9H10IN3. The highest BCUT2D eigenvalue weighted by molar-refractivity contribution is 14.1. The van der Waals surface area contributed by atoms with Crippen molar-refractivity contribution in [3.63, 3.8) is 0 Å². The van der Waals surface area contributed by atoms with Crippen LogP contribution in [-0.4, -0.2) is 16.0 Å². The van der Waals surface area contributed by atoms with Gasteiger partial charge in [0.2, 0.25) is 5.95 Å². The van der Waals surface area contributed by atoms with Crippen LogP contribution in [0.4, 0.5) is 5.95 Å². The van der Waals surface area contributed by atoms with Crippen molar-refractivity contribution in [3.8, 4) is 12.3 Å². The zero-order chi connectivity index (χ0) is 9.68. The smallest absolute Gasteiger partial charge is 0.223 e. The SMILES string of the molecule is C#CC(CC)Nc1ncc(I)cn1. The summed E-state index contributed by atoms with van der Waals surface area (Å²) in [6, 6.07) is 0.0139. The van der Waals surface area contributed by atoms with Crippen LogP contribution in [0.2, 0.25) is 0 Å². The van der Waals surface area contributed by atoms with Gasteiger partial charge in [-0.25, -0.2) is 9.97 Å². The third-order valence-corrected chi connectivity index (χ3v) is 2.09. The molecule has 0 aliphatic carbocycles. The van der Waals surface area contributed by atoms with E-state index >= 15 is 0 Å². The van der Waals surface area contributed by atoms with Crippen molar-refractivity contribution in [3.05, 3.63) is 16.0 Å². The van der Waals surface area contributed by atoms with E-state index in [1.807, 2.05) is 6.92 Å². The summed E-state index contributed by atoms with van der Waals surface area (Å²) in [5.41, 5.74) is 0. The van der Waals surface area contributed by atoms with E-state index in [9.17, 15) is 0 Å². The lowest BCUT2D eigenvalue weighted by atomic mass is 10.2. The largest absolute Gasteiger partial charge is 0.341 e. The zero-order valence-corrected chi connectivity index (χ0v) is 9.45. The number of rotatable bonds is 3. The average Bonchev–Trinajstić information content (AvgIpc) is 2.17. The number of halogens is 1. The standard InChI is InChI=1S/C9H10IN3/c1-3-8(4-2)13-9-11-5-7(10)6-12-9/h1,5-6,8H,4H2,2H3,(H,11,12,13). The molecule has 0 fully saturated rings. The Balaban J connectivity index is 2.64. The lowest BCUT2D eigenvalue weighted by Crippen LogP contribution is -2.17. The fourth-order valence-corrected chi connectivity index (χ4v) is 1.08. The highest BCUT2D eigenvalue weighted by Gasteiger charge is 2.02. The number of anilines is 1. The molecule has 68 valence electrons. The minimum absolute atomic E-state index is 0.0139. The van der Waals surface area contributed by atoms with E-state index in [1.165, 1.54) is 0 Å². The molecule has 0 aromatic carbocycles.